The van der Waals surface area contributed by atoms with Crippen molar-refractivity contribution in [2.24, 2.45) is 0 Å². The van der Waals surface area contributed by atoms with E-state index in [1.165, 1.54) is 56.7 Å². The lowest BCUT2D eigenvalue weighted by Crippen LogP contribution is -2.37. The fourth-order valence-electron chi connectivity index (χ4n) is 3.36. The van der Waals surface area contributed by atoms with Crippen molar-refractivity contribution in [2.75, 3.05) is 42.5 Å². The maximum atomic E-state index is 3.64. The number of anilines is 2. The summed E-state index contributed by atoms with van der Waals surface area (Å²) in [6.45, 7) is 8.19. The number of hydrogen-bond donors (Lipinski definition) is 1. The van der Waals surface area contributed by atoms with E-state index in [-0.39, 0.29) is 0 Å². The molecular weight excluding hydrogens is 246 g/mol. The minimum absolute atomic E-state index is 0.635. The second kappa shape index (κ2) is 6.49. The summed E-state index contributed by atoms with van der Waals surface area (Å²) >= 11 is 0. The normalized spacial score (nSPS) is 23.9. The highest BCUT2D eigenvalue weighted by molar-refractivity contribution is 5.57. The molecule has 3 rings (SSSR count). The molecule has 0 spiro atoms. The van der Waals surface area contributed by atoms with E-state index in [1.54, 1.807) is 0 Å². The minimum Gasteiger partial charge on any atom is -0.372 e. The molecule has 2 heterocycles. The SMILES string of the molecule is CCC1CN(c2ccc(N3CCCC3)cc2)CCCN1. The largest absolute Gasteiger partial charge is 0.372 e. The molecule has 3 heteroatoms. The Bertz CT molecular complexity index is 409. The Morgan fingerprint density at radius 1 is 0.950 bits per heavy atom. The van der Waals surface area contributed by atoms with E-state index in [0.717, 1.165) is 13.1 Å². The van der Waals surface area contributed by atoms with Crippen LogP contribution in [0, 0.1) is 0 Å². The Kier molecular flexibility index (Phi) is 4.46. The van der Waals surface area contributed by atoms with Crippen molar-refractivity contribution in [1.29, 1.82) is 0 Å². The average molecular weight is 273 g/mol. The van der Waals surface area contributed by atoms with Crippen LogP contribution in [0.3, 0.4) is 0 Å². The van der Waals surface area contributed by atoms with Gasteiger partial charge < -0.3 is 15.1 Å². The van der Waals surface area contributed by atoms with Crippen molar-refractivity contribution in [3.8, 4) is 0 Å². The van der Waals surface area contributed by atoms with E-state index in [4.69, 9.17) is 0 Å². The lowest BCUT2D eigenvalue weighted by atomic mass is 10.2. The first-order valence-corrected chi connectivity index (χ1v) is 8.20. The summed E-state index contributed by atoms with van der Waals surface area (Å²) in [6, 6.07) is 9.87. The lowest BCUT2D eigenvalue weighted by Gasteiger charge is -2.27. The third kappa shape index (κ3) is 3.09. The van der Waals surface area contributed by atoms with E-state index in [1.807, 2.05) is 0 Å². The van der Waals surface area contributed by atoms with Crippen LogP contribution in [0.5, 0.6) is 0 Å². The molecule has 2 aliphatic heterocycles. The van der Waals surface area contributed by atoms with Crippen molar-refractivity contribution in [3.05, 3.63) is 24.3 Å². The van der Waals surface area contributed by atoms with E-state index in [0.29, 0.717) is 6.04 Å². The summed E-state index contributed by atoms with van der Waals surface area (Å²) in [6.07, 6.45) is 5.14. The van der Waals surface area contributed by atoms with Gasteiger partial charge in [0.25, 0.3) is 0 Å². The summed E-state index contributed by atoms with van der Waals surface area (Å²) in [4.78, 5) is 5.05. The topological polar surface area (TPSA) is 18.5 Å². The van der Waals surface area contributed by atoms with Crippen LogP contribution in [0.25, 0.3) is 0 Å². The highest BCUT2D eigenvalue weighted by atomic mass is 15.2. The highest BCUT2D eigenvalue weighted by Crippen LogP contribution is 2.24. The van der Waals surface area contributed by atoms with E-state index in [9.17, 15) is 0 Å². The summed E-state index contributed by atoms with van der Waals surface area (Å²) in [7, 11) is 0. The fourth-order valence-corrected chi connectivity index (χ4v) is 3.36. The molecule has 2 aliphatic rings. The van der Waals surface area contributed by atoms with Crippen molar-refractivity contribution in [1.82, 2.24) is 5.32 Å². The van der Waals surface area contributed by atoms with Gasteiger partial charge in [-0.25, -0.2) is 0 Å². The predicted molar refractivity (Wildman–Crippen MR) is 86.8 cm³/mol. The molecule has 2 saturated heterocycles. The van der Waals surface area contributed by atoms with Gasteiger partial charge in [0.15, 0.2) is 0 Å². The first-order chi connectivity index (χ1) is 9.86. The van der Waals surface area contributed by atoms with Crippen molar-refractivity contribution >= 4 is 11.4 Å². The lowest BCUT2D eigenvalue weighted by molar-refractivity contribution is 0.528. The monoisotopic (exact) mass is 273 g/mol. The number of nitrogens with one attached hydrogen (secondary N) is 1. The average Bonchev–Trinajstić information content (AvgIpc) is 2.92. The van der Waals surface area contributed by atoms with Crippen molar-refractivity contribution in [2.45, 2.75) is 38.6 Å². The molecule has 0 aliphatic carbocycles. The summed E-state index contributed by atoms with van der Waals surface area (Å²) in [5.74, 6) is 0. The van der Waals surface area contributed by atoms with Crippen LogP contribution in [-0.2, 0) is 0 Å². The maximum absolute atomic E-state index is 3.64. The van der Waals surface area contributed by atoms with Crippen LogP contribution in [0.2, 0.25) is 0 Å². The second-order valence-corrected chi connectivity index (χ2v) is 6.07. The van der Waals surface area contributed by atoms with Gasteiger partial charge in [0.2, 0.25) is 0 Å². The summed E-state index contributed by atoms with van der Waals surface area (Å²) in [5.41, 5.74) is 2.78. The standard InChI is InChI=1S/C17H27N3/c1-2-15-14-20(13-5-10-18-15)17-8-6-16(7-9-17)19-11-3-4-12-19/h6-9,15,18H,2-5,10-14H2,1H3. The number of hydrogen-bond acceptors (Lipinski definition) is 3. The van der Waals surface area contributed by atoms with Crippen LogP contribution in [0.1, 0.15) is 32.6 Å². The third-order valence-corrected chi connectivity index (χ3v) is 4.66. The van der Waals surface area contributed by atoms with Crippen LogP contribution in [-0.4, -0.2) is 38.8 Å². The zero-order valence-electron chi connectivity index (χ0n) is 12.6. The smallest absolute Gasteiger partial charge is 0.0368 e. The fraction of sp³-hybridized carbons (Fsp3) is 0.647. The van der Waals surface area contributed by atoms with Gasteiger partial charge in [-0.2, -0.15) is 0 Å². The summed E-state index contributed by atoms with van der Waals surface area (Å²) < 4.78 is 0. The first kappa shape index (κ1) is 13.7. The molecule has 3 nitrogen and oxygen atoms in total. The van der Waals surface area contributed by atoms with Crippen molar-refractivity contribution in [3.63, 3.8) is 0 Å². The Morgan fingerprint density at radius 2 is 1.55 bits per heavy atom. The number of rotatable bonds is 3. The molecule has 1 N–H and O–H groups in total. The van der Waals surface area contributed by atoms with Gasteiger partial charge in [-0.3, -0.25) is 0 Å². The van der Waals surface area contributed by atoms with Gasteiger partial charge in [0.05, 0.1) is 0 Å². The molecule has 20 heavy (non-hydrogen) atoms. The van der Waals surface area contributed by atoms with Gasteiger partial charge in [-0.05, 0) is 56.5 Å². The molecular formula is C17H27N3. The van der Waals surface area contributed by atoms with Gasteiger partial charge in [-0.1, -0.05) is 6.92 Å². The summed E-state index contributed by atoms with van der Waals surface area (Å²) in [5, 5.41) is 3.64. The molecule has 1 unspecified atom stereocenters. The second-order valence-electron chi connectivity index (χ2n) is 6.07. The zero-order valence-corrected chi connectivity index (χ0v) is 12.6. The van der Waals surface area contributed by atoms with E-state index in [2.05, 4.69) is 46.3 Å². The minimum atomic E-state index is 0.635. The van der Waals surface area contributed by atoms with E-state index >= 15 is 0 Å². The van der Waals surface area contributed by atoms with Crippen molar-refractivity contribution < 1.29 is 0 Å². The maximum Gasteiger partial charge on any atom is 0.0368 e. The predicted octanol–water partition coefficient (Wildman–Crippen LogP) is 2.87. The van der Waals surface area contributed by atoms with Crippen LogP contribution in [0.15, 0.2) is 24.3 Å². The Labute approximate surface area is 123 Å². The zero-order chi connectivity index (χ0) is 13.8. The van der Waals surface area contributed by atoms with Gasteiger partial charge in [-0.15, -0.1) is 0 Å². The Morgan fingerprint density at radius 3 is 2.20 bits per heavy atom. The molecule has 0 aromatic heterocycles. The molecule has 1 aromatic rings. The first-order valence-electron chi connectivity index (χ1n) is 8.20. The molecule has 110 valence electrons. The Hall–Kier alpha value is -1.22. The Balaban J connectivity index is 1.69. The molecule has 0 bridgehead atoms. The van der Waals surface area contributed by atoms with Crippen LogP contribution < -0.4 is 15.1 Å². The number of nitrogens with zero attached hydrogens (tertiary/aromatic N) is 2. The molecule has 0 amide bonds. The van der Waals surface area contributed by atoms with Gasteiger partial charge in [0.1, 0.15) is 0 Å². The quantitative estimate of drug-likeness (QED) is 0.913. The molecule has 0 radical (unpaired) electrons. The van der Waals surface area contributed by atoms with Crippen LogP contribution in [0.4, 0.5) is 11.4 Å². The third-order valence-electron chi connectivity index (χ3n) is 4.66. The molecule has 1 atom stereocenters. The molecule has 0 saturated carbocycles. The van der Waals surface area contributed by atoms with E-state index < -0.39 is 0 Å². The van der Waals surface area contributed by atoms with Gasteiger partial charge >= 0.3 is 0 Å². The molecule has 2 fully saturated rings. The van der Waals surface area contributed by atoms with Gasteiger partial charge in [0, 0.05) is 43.6 Å². The molecule has 1 aromatic carbocycles. The van der Waals surface area contributed by atoms with Crippen LogP contribution >= 0.6 is 0 Å². The number of benzene rings is 1. The highest BCUT2D eigenvalue weighted by Gasteiger charge is 2.17.